The van der Waals surface area contributed by atoms with Crippen molar-refractivity contribution in [2.24, 2.45) is 0 Å². The van der Waals surface area contributed by atoms with Crippen molar-refractivity contribution in [2.45, 2.75) is 49.6 Å². The van der Waals surface area contributed by atoms with Crippen LogP contribution in [0.2, 0.25) is 0 Å². The highest BCUT2D eigenvalue weighted by molar-refractivity contribution is 7.99. The summed E-state index contributed by atoms with van der Waals surface area (Å²) in [4.78, 5) is 28.0. The minimum Gasteiger partial charge on any atom is -0.472 e. The topological polar surface area (TPSA) is 62.6 Å². The first-order valence-electron chi connectivity index (χ1n) is 9.56. The van der Waals surface area contributed by atoms with E-state index in [1.165, 1.54) is 6.42 Å². The molecule has 2 heterocycles. The standard InChI is InChI=1S/C21H24N2O3S/c24-19(22-17-9-5-2-6-10-17)18-14-27-21(16-11-12-26-13-16)23(18)20(25)15-7-3-1-4-8-15/h1,3-4,7-8,11-13,17-18,21H,2,5-6,9-10,14H2,(H,22,24). The molecule has 2 aromatic rings. The Morgan fingerprint density at radius 1 is 1.07 bits per heavy atom. The van der Waals surface area contributed by atoms with E-state index in [0.29, 0.717) is 11.3 Å². The molecule has 2 amide bonds. The van der Waals surface area contributed by atoms with E-state index in [1.54, 1.807) is 41.3 Å². The Labute approximate surface area is 163 Å². The van der Waals surface area contributed by atoms with Crippen molar-refractivity contribution in [2.75, 3.05) is 5.75 Å². The first-order chi connectivity index (χ1) is 13.2. The molecule has 0 radical (unpaired) electrons. The lowest BCUT2D eigenvalue weighted by Crippen LogP contribution is -2.50. The third-order valence-electron chi connectivity index (χ3n) is 5.34. The Morgan fingerprint density at radius 3 is 2.56 bits per heavy atom. The maximum Gasteiger partial charge on any atom is 0.255 e. The lowest BCUT2D eigenvalue weighted by atomic mass is 9.95. The second-order valence-corrected chi connectivity index (χ2v) is 8.29. The van der Waals surface area contributed by atoms with Crippen LogP contribution in [0.25, 0.3) is 0 Å². The second kappa shape index (κ2) is 8.21. The van der Waals surface area contributed by atoms with E-state index in [2.05, 4.69) is 5.32 Å². The van der Waals surface area contributed by atoms with Gasteiger partial charge in [0.25, 0.3) is 5.91 Å². The molecule has 4 rings (SSSR count). The number of rotatable bonds is 4. The monoisotopic (exact) mass is 384 g/mol. The van der Waals surface area contributed by atoms with Crippen molar-refractivity contribution in [3.8, 4) is 0 Å². The van der Waals surface area contributed by atoms with E-state index in [9.17, 15) is 9.59 Å². The third-order valence-corrected chi connectivity index (χ3v) is 6.66. The fourth-order valence-electron chi connectivity index (χ4n) is 3.90. The van der Waals surface area contributed by atoms with Gasteiger partial charge >= 0.3 is 0 Å². The molecule has 27 heavy (non-hydrogen) atoms. The number of benzene rings is 1. The summed E-state index contributed by atoms with van der Waals surface area (Å²) in [5, 5.41) is 2.98. The Kier molecular flexibility index (Phi) is 5.53. The smallest absolute Gasteiger partial charge is 0.255 e. The zero-order valence-corrected chi connectivity index (χ0v) is 16.0. The number of thioether (sulfide) groups is 1. The molecule has 0 bridgehead atoms. The fraction of sp³-hybridized carbons (Fsp3) is 0.429. The maximum absolute atomic E-state index is 13.3. The van der Waals surface area contributed by atoms with Crippen LogP contribution in [0.5, 0.6) is 0 Å². The second-order valence-electron chi connectivity index (χ2n) is 7.18. The molecular formula is C21H24N2O3S. The first-order valence-corrected chi connectivity index (χ1v) is 10.6. The molecule has 5 nitrogen and oxygen atoms in total. The highest BCUT2D eigenvalue weighted by Crippen LogP contribution is 2.42. The van der Waals surface area contributed by atoms with E-state index in [4.69, 9.17) is 4.42 Å². The number of nitrogens with one attached hydrogen (secondary N) is 1. The summed E-state index contributed by atoms with van der Waals surface area (Å²) in [7, 11) is 0. The molecular weight excluding hydrogens is 360 g/mol. The minimum absolute atomic E-state index is 0.0373. The third kappa shape index (κ3) is 3.90. The van der Waals surface area contributed by atoms with Crippen molar-refractivity contribution < 1.29 is 14.0 Å². The molecule has 1 N–H and O–H groups in total. The van der Waals surface area contributed by atoms with Crippen LogP contribution in [0.1, 0.15) is 53.4 Å². The van der Waals surface area contributed by atoms with Crippen LogP contribution in [-0.2, 0) is 4.79 Å². The summed E-state index contributed by atoms with van der Waals surface area (Å²) in [6, 6.07) is 10.8. The van der Waals surface area contributed by atoms with Gasteiger partial charge in [0.1, 0.15) is 11.4 Å². The van der Waals surface area contributed by atoms with Gasteiger partial charge in [-0.05, 0) is 31.0 Å². The molecule has 1 saturated carbocycles. The molecule has 1 aromatic carbocycles. The molecule has 1 aliphatic carbocycles. The Morgan fingerprint density at radius 2 is 1.85 bits per heavy atom. The van der Waals surface area contributed by atoms with Crippen LogP contribution < -0.4 is 5.32 Å². The van der Waals surface area contributed by atoms with Crippen molar-refractivity contribution in [1.29, 1.82) is 0 Å². The number of hydrogen-bond acceptors (Lipinski definition) is 4. The Hall–Kier alpha value is -2.21. The van der Waals surface area contributed by atoms with Crippen molar-refractivity contribution in [3.05, 3.63) is 60.1 Å². The molecule has 1 saturated heterocycles. The van der Waals surface area contributed by atoms with Gasteiger partial charge in [-0.3, -0.25) is 9.59 Å². The molecule has 2 atom stereocenters. The summed E-state index contributed by atoms with van der Waals surface area (Å²) >= 11 is 1.61. The highest BCUT2D eigenvalue weighted by Gasteiger charge is 2.43. The lowest BCUT2D eigenvalue weighted by Gasteiger charge is -2.30. The number of carbonyl (C=O) groups excluding carboxylic acids is 2. The van der Waals surface area contributed by atoms with Gasteiger partial charge in [0.05, 0.1) is 12.5 Å². The van der Waals surface area contributed by atoms with Gasteiger partial charge in [0.2, 0.25) is 5.91 Å². The quantitative estimate of drug-likeness (QED) is 0.866. The van der Waals surface area contributed by atoms with E-state index < -0.39 is 6.04 Å². The average molecular weight is 385 g/mol. The molecule has 2 unspecified atom stereocenters. The van der Waals surface area contributed by atoms with Gasteiger partial charge < -0.3 is 14.6 Å². The normalized spacial score (nSPS) is 23.3. The molecule has 1 aliphatic heterocycles. The molecule has 142 valence electrons. The van der Waals surface area contributed by atoms with Crippen LogP contribution in [0.15, 0.2) is 53.3 Å². The Balaban J connectivity index is 1.57. The number of hydrogen-bond donors (Lipinski definition) is 1. The molecule has 2 aliphatic rings. The van der Waals surface area contributed by atoms with Gasteiger partial charge in [-0.25, -0.2) is 0 Å². The van der Waals surface area contributed by atoms with Crippen LogP contribution in [0.4, 0.5) is 0 Å². The summed E-state index contributed by atoms with van der Waals surface area (Å²) in [6.07, 6.45) is 8.89. The number of nitrogens with zero attached hydrogens (tertiary/aromatic N) is 1. The van der Waals surface area contributed by atoms with Crippen molar-refractivity contribution >= 4 is 23.6 Å². The van der Waals surface area contributed by atoms with E-state index in [0.717, 1.165) is 31.2 Å². The minimum atomic E-state index is -0.468. The van der Waals surface area contributed by atoms with Gasteiger partial charge in [0.15, 0.2) is 0 Å². The molecule has 6 heteroatoms. The van der Waals surface area contributed by atoms with Crippen molar-refractivity contribution in [1.82, 2.24) is 10.2 Å². The maximum atomic E-state index is 13.3. The fourth-order valence-corrected chi connectivity index (χ4v) is 5.31. The zero-order chi connectivity index (χ0) is 18.6. The summed E-state index contributed by atoms with van der Waals surface area (Å²) in [5.41, 5.74) is 1.52. The largest absolute Gasteiger partial charge is 0.472 e. The number of carbonyl (C=O) groups is 2. The molecule has 2 fully saturated rings. The van der Waals surface area contributed by atoms with Gasteiger partial charge in [0, 0.05) is 22.9 Å². The zero-order valence-electron chi connectivity index (χ0n) is 15.2. The predicted octanol–water partition coefficient (Wildman–Crippen LogP) is 3.98. The molecule has 0 spiro atoms. The SMILES string of the molecule is O=C(NC1CCCCC1)C1CSC(c2ccoc2)N1C(=O)c1ccccc1. The summed E-state index contributed by atoms with van der Waals surface area (Å²) < 4.78 is 5.23. The van der Waals surface area contributed by atoms with Crippen molar-refractivity contribution in [3.63, 3.8) is 0 Å². The van der Waals surface area contributed by atoms with E-state index in [1.807, 2.05) is 24.3 Å². The van der Waals surface area contributed by atoms with E-state index in [-0.39, 0.29) is 23.2 Å². The number of amides is 2. The van der Waals surface area contributed by atoms with Crippen LogP contribution in [-0.4, -0.2) is 34.6 Å². The Bertz CT molecular complexity index is 772. The lowest BCUT2D eigenvalue weighted by molar-refractivity contribution is -0.125. The predicted molar refractivity (Wildman–Crippen MR) is 105 cm³/mol. The summed E-state index contributed by atoms with van der Waals surface area (Å²) in [5.74, 6) is 0.438. The van der Waals surface area contributed by atoms with Gasteiger partial charge in [-0.2, -0.15) is 0 Å². The number of furan rings is 1. The van der Waals surface area contributed by atoms with Crippen LogP contribution >= 0.6 is 11.8 Å². The average Bonchev–Trinajstić information content (AvgIpc) is 3.38. The summed E-state index contributed by atoms with van der Waals surface area (Å²) in [6.45, 7) is 0. The van der Waals surface area contributed by atoms with Crippen LogP contribution in [0.3, 0.4) is 0 Å². The highest BCUT2D eigenvalue weighted by atomic mass is 32.2. The van der Waals surface area contributed by atoms with Crippen LogP contribution in [0, 0.1) is 0 Å². The van der Waals surface area contributed by atoms with E-state index >= 15 is 0 Å². The first kappa shape index (κ1) is 18.2. The van der Waals surface area contributed by atoms with Gasteiger partial charge in [-0.1, -0.05) is 37.5 Å². The molecule has 1 aromatic heterocycles. The van der Waals surface area contributed by atoms with Gasteiger partial charge in [-0.15, -0.1) is 11.8 Å².